The molecule has 3 heteroatoms. The Bertz CT molecular complexity index is 510. The second-order valence-corrected chi connectivity index (χ2v) is 4.87. The lowest BCUT2D eigenvalue weighted by Gasteiger charge is -2.37. The highest BCUT2D eigenvalue weighted by atomic mass is 16.4. The molecular formula is C16H17NO2. The number of nitrogens with zero attached hydrogens (tertiary/aromatic N) is 1. The fourth-order valence-corrected chi connectivity index (χ4v) is 2.04. The monoisotopic (exact) mass is 255 g/mol. The van der Waals surface area contributed by atoms with Crippen molar-refractivity contribution in [3.63, 3.8) is 0 Å². The molecular weight excluding hydrogens is 238 g/mol. The van der Waals surface area contributed by atoms with Gasteiger partial charge in [0, 0.05) is 11.4 Å². The largest absolute Gasteiger partial charge is 0.480 e. The highest BCUT2D eigenvalue weighted by Gasteiger charge is 2.35. The Morgan fingerprint density at radius 3 is 1.58 bits per heavy atom. The topological polar surface area (TPSA) is 40.5 Å². The number of benzene rings is 2. The Hall–Kier alpha value is -2.29. The zero-order valence-corrected chi connectivity index (χ0v) is 11.1. The van der Waals surface area contributed by atoms with Crippen LogP contribution in [0.3, 0.4) is 0 Å². The summed E-state index contributed by atoms with van der Waals surface area (Å²) in [6.07, 6.45) is 0. The fraction of sp³-hybridized carbons (Fsp3) is 0.188. The Labute approximate surface area is 113 Å². The zero-order valence-electron chi connectivity index (χ0n) is 11.1. The molecule has 98 valence electrons. The number of carbonyl (C=O) groups is 1. The summed E-state index contributed by atoms with van der Waals surface area (Å²) in [6, 6.07) is 19.1. The van der Waals surface area contributed by atoms with E-state index in [1.165, 1.54) is 0 Å². The number of anilines is 2. The quantitative estimate of drug-likeness (QED) is 0.905. The molecule has 0 bridgehead atoms. The smallest absolute Gasteiger partial charge is 0.329 e. The molecule has 19 heavy (non-hydrogen) atoms. The first-order chi connectivity index (χ1) is 9.03. The van der Waals surface area contributed by atoms with Crippen molar-refractivity contribution in [2.45, 2.75) is 19.4 Å². The van der Waals surface area contributed by atoms with Gasteiger partial charge < -0.3 is 10.0 Å². The van der Waals surface area contributed by atoms with Gasteiger partial charge in [-0.15, -0.1) is 0 Å². The fourth-order valence-electron chi connectivity index (χ4n) is 2.04. The Balaban J connectivity index is 2.55. The van der Waals surface area contributed by atoms with Crippen LogP contribution < -0.4 is 4.90 Å². The van der Waals surface area contributed by atoms with Gasteiger partial charge >= 0.3 is 5.97 Å². The average molecular weight is 255 g/mol. The first kappa shape index (κ1) is 13.1. The van der Waals surface area contributed by atoms with E-state index < -0.39 is 11.5 Å². The molecule has 1 N–H and O–H groups in total. The molecule has 0 aliphatic carbocycles. The minimum atomic E-state index is -1.03. The van der Waals surface area contributed by atoms with Crippen molar-refractivity contribution >= 4 is 17.3 Å². The van der Waals surface area contributed by atoms with Gasteiger partial charge in [-0.3, -0.25) is 0 Å². The molecule has 0 heterocycles. The van der Waals surface area contributed by atoms with Gasteiger partial charge in [-0.1, -0.05) is 36.4 Å². The van der Waals surface area contributed by atoms with Gasteiger partial charge in [0.25, 0.3) is 0 Å². The number of para-hydroxylation sites is 2. The third-order valence-electron chi connectivity index (χ3n) is 3.11. The van der Waals surface area contributed by atoms with E-state index in [0.717, 1.165) is 11.4 Å². The molecule has 0 fully saturated rings. The van der Waals surface area contributed by atoms with Crippen LogP contribution in [0.15, 0.2) is 60.7 Å². The van der Waals surface area contributed by atoms with Gasteiger partial charge in [0.15, 0.2) is 0 Å². The molecule has 0 saturated heterocycles. The van der Waals surface area contributed by atoms with Crippen LogP contribution >= 0.6 is 0 Å². The predicted molar refractivity (Wildman–Crippen MR) is 76.7 cm³/mol. The number of hydrogen-bond donors (Lipinski definition) is 1. The van der Waals surface area contributed by atoms with Crippen molar-refractivity contribution < 1.29 is 9.90 Å². The van der Waals surface area contributed by atoms with Crippen LogP contribution in [0.4, 0.5) is 11.4 Å². The molecule has 0 spiro atoms. The average Bonchev–Trinajstić information content (AvgIpc) is 2.41. The number of rotatable bonds is 4. The Morgan fingerprint density at radius 1 is 0.895 bits per heavy atom. The lowest BCUT2D eigenvalue weighted by Crippen LogP contribution is -2.47. The van der Waals surface area contributed by atoms with Gasteiger partial charge in [0.1, 0.15) is 5.54 Å². The second-order valence-electron chi connectivity index (χ2n) is 4.87. The molecule has 0 aromatic heterocycles. The highest BCUT2D eigenvalue weighted by molar-refractivity contribution is 5.86. The van der Waals surface area contributed by atoms with Crippen molar-refractivity contribution in [1.29, 1.82) is 0 Å². The molecule has 3 nitrogen and oxygen atoms in total. The zero-order chi connectivity index (χ0) is 13.9. The van der Waals surface area contributed by atoms with Crippen molar-refractivity contribution in [3.8, 4) is 0 Å². The predicted octanol–water partition coefficient (Wildman–Crippen LogP) is 3.69. The third kappa shape index (κ3) is 2.60. The van der Waals surface area contributed by atoms with E-state index in [1.807, 2.05) is 65.6 Å². The van der Waals surface area contributed by atoms with Crippen LogP contribution in [-0.2, 0) is 4.79 Å². The van der Waals surface area contributed by atoms with Crippen LogP contribution in [0.5, 0.6) is 0 Å². The van der Waals surface area contributed by atoms with E-state index >= 15 is 0 Å². The summed E-state index contributed by atoms with van der Waals surface area (Å²) < 4.78 is 0. The summed E-state index contributed by atoms with van der Waals surface area (Å²) in [5.41, 5.74) is 0.699. The van der Waals surface area contributed by atoms with E-state index in [-0.39, 0.29) is 0 Å². The standard InChI is InChI=1S/C16H17NO2/c1-16(2,15(18)19)17(13-9-5-3-6-10-13)14-11-7-4-8-12-14/h3-12H,1-2H3,(H,18,19). The maximum absolute atomic E-state index is 11.6. The molecule has 0 aliphatic rings. The summed E-state index contributed by atoms with van der Waals surface area (Å²) in [5.74, 6) is -0.861. The van der Waals surface area contributed by atoms with Crippen LogP contribution in [0, 0.1) is 0 Å². The van der Waals surface area contributed by atoms with Crippen LogP contribution in [0.1, 0.15) is 13.8 Å². The molecule has 0 atom stereocenters. The van der Waals surface area contributed by atoms with Crippen LogP contribution in [0.2, 0.25) is 0 Å². The Morgan fingerprint density at radius 2 is 1.26 bits per heavy atom. The van der Waals surface area contributed by atoms with Crippen molar-refractivity contribution in [3.05, 3.63) is 60.7 Å². The molecule has 2 aromatic carbocycles. The van der Waals surface area contributed by atoms with E-state index in [2.05, 4.69) is 0 Å². The summed E-state index contributed by atoms with van der Waals surface area (Å²) in [7, 11) is 0. The van der Waals surface area contributed by atoms with Gasteiger partial charge in [0.05, 0.1) is 0 Å². The van der Waals surface area contributed by atoms with Crippen molar-refractivity contribution in [1.82, 2.24) is 0 Å². The summed E-state index contributed by atoms with van der Waals surface area (Å²) in [5, 5.41) is 9.49. The lowest BCUT2D eigenvalue weighted by atomic mass is 10.0. The van der Waals surface area contributed by atoms with Crippen molar-refractivity contribution in [2.24, 2.45) is 0 Å². The third-order valence-corrected chi connectivity index (χ3v) is 3.11. The normalized spacial score (nSPS) is 11.1. The Kier molecular flexibility index (Phi) is 3.56. The number of carboxylic acid groups (broad SMARTS) is 1. The van der Waals surface area contributed by atoms with Gasteiger partial charge in [0.2, 0.25) is 0 Å². The summed E-state index contributed by atoms with van der Waals surface area (Å²) in [6.45, 7) is 3.41. The first-order valence-electron chi connectivity index (χ1n) is 6.17. The summed E-state index contributed by atoms with van der Waals surface area (Å²) >= 11 is 0. The van der Waals surface area contributed by atoms with Crippen LogP contribution in [0.25, 0.3) is 0 Å². The molecule has 2 rings (SSSR count). The van der Waals surface area contributed by atoms with Crippen molar-refractivity contribution in [2.75, 3.05) is 4.90 Å². The molecule has 0 radical (unpaired) electrons. The molecule has 0 aliphatic heterocycles. The number of aliphatic carboxylic acids is 1. The summed E-state index contributed by atoms with van der Waals surface area (Å²) in [4.78, 5) is 13.4. The molecule has 0 saturated carbocycles. The van der Waals surface area contributed by atoms with Crippen LogP contribution in [-0.4, -0.2) is 16.6 Å². The SMILES string of the molecule is CC(C)(C(=O)O)N(c1ccccc1)c1ccccc1. The molecule has 0 amide bonds. The minimum Gasteiger partial charge on any atom is -0.480 e. The highest BCUT2D eigenvalue weighted by Crippen LogP contribution is 2.33. The maximum Gasteiger partial charge on any atom is 0.329 e. The molecule has 0 unspecified atom stereocenters. The minimum absolute atomic E-state index is 0.861. The lowest BCUT2D eigenvalue weighted by molar-refractivity contribution is -0.141. The van der Waals surface area contributed by atoms with Gasteiger partial charge in [-0.25, -0.2) is 4.79 Å². The molecule has 2 aromatic rings. The number of hydrogen-bond acceptors (Lipinski definition) is 2. The first-order valence-corrected chi connectivity index (χ1v) is 6.17. The van der Waals surface area contributed by atoms with E-state index in [9.17, 15) is 9.90 Å². The second kappa shape index (κ2) is 5.14. The van der Waals surface area contributed by atoms with Gasteiger partial charge in [-0.05, 0) is 38.1 Å². The van der Waals surface area contributed by atoms with Gasteiger partial charge in [-0.2, -0.15) is 0 Å². The van der Waals surface area contributed by atoms with E-state index in [1.54, 1.807) is 13.8 Å². The van der Waals surface area contributed by atoms with E-state index in [4.69, 9.17) is 0 Å². The van der Waals surface area contributed by atoms with E-state index in [0.29, 0.717) is 0 Å². The number of carboxylic acids is 1. The maximum atomic E-state index is 11.6.